The molecule has 1 aromatic rings. The first-order valence-corrected chi connectivity index (χ1v) is 8.14. The van der Waals surface area contributed by atoms with Crippen molar-refractivity contribution < 1.29 is 18.4 Å². The Morgan fingerprint density at radius 2 is 1.88 bits per heavy atom. The van der Waals surface area contributed by atoms with E-state index in [1.165, 1.54) is 6.92 Å². The molecule has 2 atom stereocenters. The summed E-state index contributed by atoms with van der Waals surface area (Å²) >= 11 is 0. The van der Waals surface area contributed by atoms with Gasteiger partial charge in [-0.15, -0.1) is 0 Å². The van der Waals surface area contributed by atoms with Crippen LogP contribution in [0, 0.1) is 23.5 Å². The van der Waals surface area contributed by atoms with Crippen LogP contribution in [-0.4, -0.2) is 24.9 Å². The third kappa shape index (κ3) is 4.99. The minimum Gasteiger partial charge on any atom is -0.324 e. The molecule has 0 spiro atoms. The topological polar surface area (TPSA) is 70.2 Å². The molecule has 132 valence electrons. The van der Waals surface area contributed by atoms with E-state index in [1.54, 1.807) is 0 Å². The summed E-state index contributed by atoms with van der Waals surface area (Å²) < 4.78 is 26.8. The Balaban J connectivity index is 2.04. The summed E-state index contributed by atoms with van der Waals surface area (Å²) in [5.74, 6) is -2.29. The van der Waals surface area contributed by atoms with E-state index in [1.807, 2.05) is 6.92 Å². The average molecular weight is 339 g/mol. The van der Waals surface area contributed by atoms with Crippen LogP contribution in [0.15, 0.2) is 12.1 Å². The molecular weight excluding hydrogens is 316 g/mol. The molecule has 0 aromatic heterocycles. The molecule has 1 fully saturated rings. The summed E-state index contributed by atoms with van der Waals surface area (Å²) in [4.78, 5) is 23.4. The fourth-order valence-corrected chi connectivity index (χ4v) is 2.97. The van der Waals surface area contributed by atoms with E-state index in [-0.39, 0.29) is 29.6 Å². The molecule has 0 saturated carbocycles. The zero-order valence-electron chi connectivity index (χ0n) is 13.9. The van der Waals surface area contributed by atoms with Crippen LogP contribution in [-0.2, 0) is 9.59 Å². The van der Waals surface area contributed by atoms with Gasteiger partial charge in [0.1, 0.15) is 0 Å². The van der Waals surface area contributed by atoms with E-state index in [0.29, 0.717) is 5.92 Å². The highest BCUT2D eigenvalue weighted by Gasteiger charge is 2.22. The fraction of sp³-hybridized carbons (Fsp3) is 0.529. The highest BCUT2D eigenvalue weighted by molar-refractivity contribution is 5.98. The van der Waals surface area contributed by atoms with Gasteiger partial charge in [-0.25, -0.2) is 8.78 Å². The number of anilines is 2. The van der Waals surface area contributed by atoms with E-state index in [0.717, 1.165) is 38.1 Å². The van der Waals surface area contributed by atoms with E-state index in [2.05, 4.69) is 16.0 Å². The van der Waals surface area contributed by atoms with Gasteiger partial charge in [-0.2, -0.15) is 0 Å². The van der Waals surface area contributed by atoms with Crippen LogP contribution < -0.4 is 16.0 Å². The first kappa shape index (κ1) is 18.3. The largest absolute Gasteiger partial charge is 0.324 e. The fourth-order valence-electron chi connectivity index (χ4n) is 2.97. The molecular formula is C17H23F2N3O2. The van der Waals surface area contributed by atoms with Crippen molar-refractivity contribution >= 4 is 23.2 Å². The van der Waals surface area contributed by atoms with Crippen molar-refractivity contribution in [2.75, 3.05) is 23.7 Å². The first-order chi connectivity index (χ1) is 11.4. The van der Waals surface area contributed by atoms with Gasteiger partial charge in [-0.1, -0.05) is 6.92 Å². The Morgan fingerprint density at radius 3 is 2.42 bits per heavy atom. The van der Waals surface area contributed by atoms with Gasteiger partial charge < -0.3 is 16.0 Å². The van der Waals surface area contributed by atoms with E-state index < -0.39 is 17.5 Å². The van der Waals surface area contributed by atoms with Gasteiger partial charge in [-0.3, -0.25) is 9.59 Å². The maximum Gasteiger partial charge on any atom is 0.224 e. The van der Waals surface area contributed by atoms with Crippen molar-refractivity contribution in [3.63, 3.8) is 0 Å². The third-order valence-electron chi connectivity index (χ3n) is 4.29. The van der Waals surface area contributed by atoms with Crippen LogP contribution in [0.2, 0.25) is 0 Å². The van der Waals surface area contributed by atoms with Crippen LogP contribution >= 0.6 is 0 Å². The van der Waals surface area contributed by atoms with Crippen molar-refractivity contribution in [3.8, 4) is 0 Å². The minimum atomic E-state index is -1.08. The molecule has 1 aliphatic rings. The Kier molecular flexibility index (Phi) is 6.25. The number of benzene rings is 1. The minimum absolute atomic E-state index is 0.0433. The lowest BCUT2D eigenvalue weighted by atomic mass is 9.85. The molecule has 1 aliphatic heterocycles. The number of nitrogens with one attached hydrogen (secondary N) is 3. The number of piperidine rings is 1. The Bertz CT molecular complexity index is 616. The normalized spacial score (nSPS) is 18.8. The Hall–Kier alpha value is -2.02. The summed E-state index contributed by atoms with van der Waals surface area (Å²) in [7, 11) is 0. The number of amides is 2. The second kappa shape index (κ2) is 8.19. The van der Waals surface area contributed by atoms with Crippen molar-refractivity contribution in [1.82, 2.24) is 5.32 Å². The molecule has 3 N–H and O–H groups in total. The lowest BCUT2D eigenvalue weighted by Gasteiger charge is -2.28. The number of rotatable bonds is 5. The van der Waals surface area contributed by atoms with E-state index >= 15 is 0 Å². The van der Waals surface area contributed by atoms with Gasteiger partial charge in [-0.05, 0) is 37.8 Å². The molecule has 2 rings (SSSR count). The predicted molar refractivity (Wildman–Crippen MR) is 88.7 cm³/mol. The molecule has 2 amide bonds. The summed E-state index contributed by atoms with van der Waals surface area (Å²) in [6.07, 6.45) is 2.45. The highest BCUT2D eigenvalue weighted by atomic mass is 19.2. The van der Waals surface area contributed by atoms with E-state index in [4.69, 9.17) is 0 Å². The Labute approximate surface area is 140 Å². The SMILES string of the molecule is CC(=O)Nc1cc(F)c(F)cc1NC(=O)CC(C)C1CCCNC1. The number of carbonyl (C=O) groups excluding carboxylic acids is 2. The van der Waals surface area contributed by atoms with Crippen LogP contribution in [0.5, 0.6) is 0 Å². The molecule has 1 heterocycles. The van der Waals surface area contributed by atoms with Crippen LogP contribution in [0.1, 0.15) is 33.1 Å². The predicted octanol–water partition coefficient (Wildman–Crippen LogP) is 2.89. The summed E-state index contributed by atoms with van der Waals surface area (Å²) in [6, 6.07) is 1.74. The second-order valence-electron chi connectivity index (χ2n) is 6.33. The zero-order valence-corrected chi connectivity index (χ0v) is 13.9. The van der Waals surface area contributed by atoms with Gasteiger partial charge >= 0.3 is 0 Å². The molecule has 1 saturated heterocycles. The monoisotopic (exact) mass is 339 g/mol. The zero-order chi connectivity index (χ0) is 17.7. The molecule has 0 bridgehead atoms. The molecule has 0 radical (unpaired) electrons. The van der Waals surface area contributed by atoms with Gasteiger partial charge in [0, 0.05) is 25.5 Å². The maximum atomic E-state index is 13.5. The summed E-state index contributed by atoms with van der Waals surface area (Å²) in [5, 5.41) is 8.28. The van der Waals surface area contributed by atoms with Gasteiger partial charge in [0.25, 0.3) is 0 Å². The van der Waals surface area contributed by atoms with Gasteiger partial charge in [0.15, 0.2) is 11.6 Å². The van der Waals surface area contributed by atoms with Crippen LogP contribution in [0.25, 0.3) is 0 Å². The van der Waals surface area contributed by atoms with Crippen molar-refractivity contribution in [2.24, 2.45) is 11.8 Å². The standard InChI is InChI=1S/C17H23F2N3O2/c1-10(12-4-3-5-20-9-12)6-17(24)22-16-8-14(19)13(18)7-15(16)21-11(2)23/h7-8,10,12,20H,3-6,9H2,1-2H3,(H,21,23)(H,22,24). The number of carbonyl (C=O) groups is 2. The number of hydrogen-bond acceptors (Lipinski definition) is 3. The quantitative estimate of drug-likeness (QED) is 0.772. The van der Waals surface area contributed by atoms with Gasteiger partial charge in [0.2, 0.25) is 11.8 Å². The second-order valence-corrected chi connectivity index (χ2v) is 6.33. The lowest BCUT2D eigenvalue weighted by molar-refractivity contribution is -0.117. The van der Waals surface area contributed by atoms with Crippen LogP contribution in [0.4, 0.5) is 20.2 Å². The van der Waals surface area contributed by atoms with E-state index in [9.17, 15) is 18.4 Å². The molecule has 5 nitrogen and oxygen atoms in total. The smallest absolute Gasteiger partial charge is 0.224 e. The molecule has 2 unspecified atom stereocenters. The molecule has 0 aliphatic carbocycles. The highest BCUT2D eigenvalue weighted by Crippen LogP contribution is 2.27. The van der Waals surface area contributed by atoms with Crippen molar-refractivity contribution in [2.45, 2.75) is 33.1 Å². The first-order valence-electron chi connectivity index (χ1n) is 8.14. The molecule has 1 aromatic carbocycles. The number of halogens is 2. The number of hydrogen-bond donors (Lipinski definition) is 3. The molecule has 7 heteroatoms. The third-order valence-corrected chi connectivity index (χ3v) is 4.29. The van der Waals surface area contributed by atoms with Crippen molar-refractivity contribution in [3.05, 3.63) is 23.8 Å². The Morgan fingerprint density at radius 1 is 1.25 bits per heavy atom. The molecule has 24 heavy (non-hydrogen) atoms. The average Bonchev–Trinajstić information content (AvgIpc) is 2.52. The van der Waals surface area contributed by atoms with Crippen molar-refractivity contribution in [1.29, 1.82) is 0 Å². The lowest BCUT2D eigenvalue weighted by Crippen LogP contribution is -2.34. The maximum absolute atomic E-state index is 13.5. The van der Waals surface area contributed by atoms with Crippen LogP contribution in [0.3, 0.4) is 0 Å². The summed E-state index contributed by atoms with van der Waals surface area (Å²) in [5.41, 5.74) is 0.102. The summed E-state index contributed by atoms with van der Waals surface area (Å²) in [6.45, 7) is 5.16. The van der Waals surface area contributed by atoms with Gasteiger partial charge in [0.05, 0.1) is 11.4 Å².